The first-order valence-corrected chi connectivity index (χ1v) is 15.0. The van der Waals surface area contributed by atoms with Crippen molar-refractivity contribution >= 4 is 91.4 Å². The highest BCUT2D eigenvalue weighted by molar-refractivity contribution is 7.90. The van der Waals surface area contributed by atoms with Gasteiger partial charge in [0.1, 0.15) is 0 Å². The molecule has 0 saturated heterocycles. The third-order valence-corrected chi connectivity index (χ3v) is 8.74. The van der Waals surface area contributed by atoms with Crippen LogP contribution in [0.15, 0.2) is 37.4 Å². The lowest BCUT2D eigenvalue weighted by molar-refractivity contribution is -0.137. The minimum absolute atomic E-state index is 0.0554. The van der Waals surface area contributed by atoms with Crippen LogP contribution in [0.4, 0.5) is 0 Å². The molecule has 0 aromatic carbocycles. The normalized spacial score (nSPS) is 13.0. The molecule has 2 aliphatic heterocycles. The summed E-state index contributed by atoms with van der Waals surface area (Å²) in [5.41, 5.74) is 12.8. The summed E-state index contributed by atoms with van der Waals surface area (Å²) in [7, 11) is 0. The SMILES string of the molecule is C=C(S)c1c(C)c2cc3[nH]c(cc4nc(cc5nc(cc1[nH]2)C(C)=C5CCC(=O)O)C(CCC(=O)O)=C4C)c(C)c3C(=C)S. The molecule has 0 saturated carbocycles. The number of nitrogens with zero attached hydrogens (tertiary/aromatic N) is 2. The van der Waals surface area contributed by atoms with E-state index in [2.05, 4.69) is 48.4 Å². The summed E-state index contributed by atoms with van der Waals surface area (Å²) in [4.78, 5) is 41.3. The molecule has 0 atom stereocenters. The molecule has 0 amide bonds. The number of nitrogens with one attached hydrogen (secondary N) is 2. The van der Waals surface area contributed by atoms with E-state index < -0.39 is 11.9 Å². The maximum Gasteiger partial charge on any atom is 0.303 e. The highest BCUT2D eigenvalue weighted by Crippen LogP contribution is 2.39. The summed E-state index contributed by atoms with van der Waals surface area (Å²) in [5, 5.41) is 19.0. The predicted molar refractivity (Wildman–Crippen MR) is 185 cm³/mol. The molecule has 10 heteroatoms. The number of rotatable bonds is 8. The molecule has 8 nitrogen and oxygen atoms in total. The van der Waals surface area contributed by atoms with Crippen molar-refractivity contribution in [2.45, 2.75) is 53.4 Å². The molecule has 44 heavy (non-hydrogen) atoms. The average Bonchev–Trinajstić information content (AvgIpc) is 3.59. The minimum Gasteiger partial charge on any atom is -0.481 e. The van der Waals surface area contributed by atoms with Crippen LogP contribution in [-0.2, 0) is 9.59 Å². The molecule has 0 fully saturated rings. The fourth-order valence-corrected chi connectivity index (χ4v) is 6.52. The summed E-state index contributed by atoms with van der Waals surface area (Å²) in [5.74, 6) is -1.81. The summed E-state index contributed by atoms with van der Waals surface area (Å²) in [6, 6.07) is 7.75. The zero-order chi connectivity index (χ0) is 32.0. The van der Waals surface area contributed by atoms with Gasteiger partial charge in [-0.15, -0.1) is 25.3 Å². The standard InChI is InChI=1S/C34H34N4O4S2/c1-15-21(7-9-31(39)40)27-14-28-22(8-10-32(41)42)16(2)24(36-28)12-29-34(20(6)44)18(4)26(38-29)13-30-33(19(5)43)17(3)25(37-30)11-23(15)35-27/h11-14,37-38,43-44H,5-10H2,1-4H3,(H,39,40)(H,41,42). The zero-order valence-corrected chi connectivity index (χ0v) is 26.8. The topological polar surface area (TPSA) is 132 Å². The first-order chi connectivity index (χ1) is 20.8. The van der Waals surface area contributed by atoms with Gasteiger partial charge in [0.25, 0.3) is 0 Å². The van der Waals surface area contributed by atoms with Gasteiger partial charge in [-0.2, -0.15) is 0 Å². The van der Waals surface area contributed by atoms with E-state index in [-0.39, 0.29) is 25.7 Å². The fourth-order valence-electron chi connectivity index (χ4n) is 5.94. The summed E-state index contributed by atoms with van der Waals surface area (Å²) < 4.78 is 0. The van der Waals surface area contributed by atoms with Gasteiger partial charge in [-0.25, -0.2) is 9.97 Å². The molecule has 3 aromatic heterocycles. The lowest BCUT2D eigenvalue weighted by atomic mass is 9.98. The number of H-pyrrole nitrogens is 2. The largest absolute Gasteiger partial charge is 0.481 e. The van der Waals surface area contributed by atoms with Crippen molar-refractivity contribution in [1.82, 2.24) is 19.9 Å². The van der Waals surface area contributed by atoms with Gasteiger partial charge >= 0.3 is 11.9 Å². The van der Waals surface area contributed by atoms with Crippen molar-refractivity contribution in [2.75, 3.05) is 0 Å². The van der Waals surface area contributed by atoms with Crippen molar-refractivity contribution in [3.8, 4) is 0 Å². The average molecular weight is 627 g/mol. The Morgan fingerprint density at radius 2 is 1.05 bits per heavy atom. The van der Waals surface area contributed by atoms with Gasteiger partial charge in [-0.05, 0) is 98.2 Å². The number of aryl methyl sites for hydroxylation is 2. The highest BCUT2D eigenvalue weighted by atomic mass is 32.1. The van der Waals surface area contributed by atoms with Crippen LogP contribution in [0.2, 0.25) is 0 Å². The quantitative estimate of drug-likeness (QED) is 0.139. The number of carboxylic acids is 2. The molecule has 0 spiro atoms. The van der Waals surface area contributed by atoms with Crippen LogP contribution >= 0.6 is 25.3 Å². The van der Waals surface area contributed by atoms with E-state index in [1.807, 2.05) is 52.0 Å². The van der Waals surface area contributed by atoms with E-state index in [4.69, 9.17) is 9.97 Å². The zero-order valence-electron chi connectivity index (χ0n) is 25.1. The number of hydrogen-bond acceptors (Lipinski definition) is 6. The molecular formula is C34H34N4O4S2. The number of carboxylic acid groups (broad SMARTS) is 2. The van der Waals surface area contributed by atoms with Gasteiger partial charge in [0.15, 0.2) is 0 Å². The van der Waals surface area contributed by atoms with Crippen molar-refractivity contribution < 1.29 is 19.8 Å². The van der Waals surface area contributed by atoms with Gasteiger partial charge in [0.05, 0.1) is 22.8 Å². The second-order valence-electron chi connectivity index (χ2n) is 11.1. The smallest absolute Gasteiger partial charge is 0.303 e. The lowest BCUT2D eigenvalue weighted by Crippen LogP contribution is -1.97. The molecule has 0 aliphatic carbocycles. The van der Waals surface area contributed by atoms with E-state index in [0.717, 1.165) is 66.6 Å². The third-order valence-electron chi connectivity index (χ3n) is 8.29. The van der Waals surface area contributed by atoms with Crippen molar-refractivity contribution in [2.24, 2.45) is 0 Å². The number of carbonyl (C=O) groups is 2. The molecule has 5 rings (SSSR count). The summed E-state index contributed by atoms with van der Waals surface area (Å²) >= 11 is 9.22. The Balaban J connectivity index is 1.96. The highest BCUT2D eigenvalue weighted by Gasteiger charge is 2.23. The van der Waals surface area contributed by atoms with Gasteiger partial charge in [0, 0.05) is 55.8 Å². The number of allylic oxidation sites excluding steroid dienone is 4. The van der Waals surface area contributed by atoms with Crippen molar-refractivity contribution in [3.05, 3.63) is 82.5 Å². The van der Waals surface area contributed by atoms with E-state index in [1.54, 1.807) is 0 Å². The van der Waals surface area contributed by atoms with E-state index >= 15 is 0 Å². The maximum absolute atomic E-state index is 11.6. The monoisotopic (exact) mass is 626 g/mol. The number of aliphatic carboxylic acids is 2. The second-order valence-corrected chi connectivity index (χ2v) is 12.2. The van der Waals surface area contributed by atoms with Gasteiger partial charge < -0.3 is 20.2 Å². The Hall–Kier alpha value is -4.28. The number of aromatic amines is 2. The first kappa shape index (κ1) is 31.2. The molecule has 0 unspecified atom stereocenters. The predicted octanol–water partition coefficient (Wildman–Crippen LogP) is 8.32. The molecule has 226 valence electrons. The third kappa shape index (κ3) is 5.79. The van der Waals surface area contributed by atoms with Crippen LogP contribution in [0, 0.1) is 13.8 Å². The van der Waals surface area contributed by atoms with Crippen molar-refractivity contribution in [1.29, 1.82) is 0 Å². The van der Waals surface area contributed by atoms with Crippen LogP contribution in [0.25, 0.3) is 54.2 Å². The number of hydrogen-bond donors (Lipinski definition) is 6. The Morgan fingerprint density at radius 1 is 0.659 bits per heavy atom. The Kier molecular flexibility index (Phi) is 8.51. The van der Waals surface area contributed by atoms with Crippen LogP contribution in [-0.4, -0.2) is 42.1 Å². The molecular weight excluding hydrogens is 593 g/mol. The first-order valence-electron chi connectivity index (χ1n) is 14.1. The van der Waals surface area contributed by atoms with E-state index in [9.17, 15) is 19.8 Å². The number of fused-ring (bicyclic) bond motifs is 8. The fraction of sp³-hybridized carbons (Fsp3) is 0.235. The van der Waals surface area contributed by atoms with Crippen LogP contribution < -0.4 is 0 Å². The molecule has 8 bridgehead atoms. The Labute approximate surface area is 266 Å². The van der Waals surface area contributed by atoms with E-state index in [1.165, 1.54) is 0 Å². The summed E-state index contributed by atoms with van der Waals surface area (Å²) in [6.07, 6.45) is 0.459. The molecule has 4 N–H and O–H groups in total. The van der Waals surface area contributed by atoms with Crippen LogP contribution in [0.5, 0.6) is 0 Å². The lowest BCUT2D eigenvalue weighted by Gasteiger charge is -2.05. The van der Waals surface area contributed by atoms with Gasteiger partial charge in [-0.3, -0.25) is 9.59 Å². The number of thiol groups is 2. The minimum atomic E-state index is -0.903. The van der Waals surface area contributed by atoms with Crippen molar-refractivity contribution in [3.63, 3.8) is 0 Å². The Bertz CT molecular complexity index is 2030. The van der Waals surface area contributed by atoms with E-state index in [0.29, 0.717) is 32.6 Å². The maximum atomic E-state index is 11.6. The van der Waals surface area contributed by atoms with Gasteiger partial charge in [0.2, 0.25) is 0 Å². The van der Waals surface area contributed by atoms with Crippen LogP contribution in [0.3, 0.4) is 0 Å². The molecule has 3 aromatic rings. The Morgan fingerprint density at radius 3 is 1.45 bits per heavy atom. The second kappa shape index (κ2) is 12.0. The summed E-state index contributed by atoms with van der Waals surface area (Å²) in [6.45, 7) is 16.1. The molecule has 2 aliphatic rings. The number of aromatic nitrogens is 4. The van der Waals surface area contributed by atoms with Crippen LogP contribution in [0.1, 0.15) is 84.6 Å². The van der Waals surface area contributed by atoms with Gasteiger partial charge in [-0.1, -0.05) is 13.2 Å². The molecule has 0 radical (unpaired) electrons. The molecule has 5 heterocycles.